The molecule has 0 heterocycles. The smallest absolute Gasteiger partial charge is 0.0241 e. The van der Waals surface area contributed by atoms with E-state index in [1.807, 2.05) is 0 Å². The molecule has 0 aliphatic carbocycles. The van der Waals surface area contributed by atoms with Crippen LogP contribution < -0.4 is 5.73 Å². The van der Waals surface area contributed by atoms with Gasteiger partial charge in [0, 0.05) is 11.3 Å². The van der Waals surface area contributed by atoms with E-state index in [1.165, 1.54) is 0 Å². The summed E-state index contributed by atoms with van der Waals surface area (Å²) in [6, 6.07) is 0. The summed E-state index contributed by atoms with van der Waals surface area (Å²) in [5, 5.41) is 0. The first kappa shape index (κ1) is 7.58. The maximum Gasteiger partial charge on any atom is 0.0241 e. The van der Waals surface area contributed by atoms with Crippen molar-refractivity contribution in [3.63, 3.8) is 0 Å². The summed E-state index contributed by atoms with van der Waals surface area (Å²) in [6.07, 6.45) is 8.24. The molecule has 0 aromatic rings. The fourth-order valence-electron chi connectivity index (χ4n) is 0.256. The van der Waals surface area contributed by atoms with Crippen LogP contribution >= 0.6 is 0 Å². The van der Waals surface area contributed by atoms with E-state index in [0.717, 1.165) is 0 Å². The van der Waals surface area contributed by atoms with Crippen molar-refractivity contribution in [2.75, 3.05) is 0 Å². The molecule has 0 radical (unpaired) electrons. The Balaban J connectivity index is 3.90. The molecule has 9 heavy (non-hydrogen) atoms. The van der Waals surface area contributed by atoms with Gasteiger partial charge >= 0.3 is 0 Å². The van der Waals surface area contributed by atoms with E-state index in [4.69, 9.17) is 12.2 Å². The van der Waals surface area contributed by atoms with Gasteiger partial charge in [0.05, 0.1) is 0 Å². The number of terminal acetylenes is 1. The lowest BCUT2D eigenvalue weighted by Crippen LogP contribution is -1.88. The van der Waals surface area contributed by atoms with Gasteiger partial charge in [-0.25, -0.2) is 0 Å². The Labute approximate surface area is 55.6 Å². The van der Waals surface area contributed by atoms with E-state index in [1.54, 1.807) is 12.2 Å². The summed E-state index contributed by atoms with van der Waals surface area (Å²) in [6.45, 7) is 6.97. The maximum atomic E-state index is 5.20. The third-order valence-corrected chi connectivity index (χ3v) is 0.684. The summed E-state index contributed by atoms with van der Waals surface area (Å²) in [4.78, 5) is 0. The summed E-state index contributed by atoms with van der Waals surface area (Å²) < 4.78 is 0. The van der Waals surface area contributed by atoms with Crippen molar-refractivity contribution in [3.8, 4) is 12.3 Å². The largest absolute Gasteiger partial charge is 0.399 e. The van der Waals surface area contributed by atoms with E-state index in [2.05, 4.69) is 19.1 Å². The Kier molecular flexibility index (Phi) is 3.00. The molecule has 0 bridgehead atoms. The van der Waals surface area contributed by atoms with Gasteiger partial charge in [0.25, 0.3) is 0 Å². The first-order valence-corrected chi connectivity index (χ1v) is 2.45. The first-order chi connectivity index (χ1) is 4.16. The van der Waals surface area contributed by atoms with Crippen molar-refractivity contribution in [2.24, 2.45) is 5.73 Å². The predicted octanol–water partition coefficient (Wildman–Crippen LogP) is 1.20. The Hall–Kier alpha value is -1.42. The zero-order chi connectivity index (χ0) is 7.28. The zero-order valence-electron chi connectivity index (χ0n) is 5.22. The van der Waals surface area contributed by atoms with Crippen LogP contribution in [0.25, 0.3) is 0 Å². The third kappa shape index (κ3) is 4.43. The fraction of sp³-hybridized carbons (Fsp3) is 0. The highest BCUT2D eigenvalue weighted by Crippen LogP contribution is 1.90. The zero-order valence-corrected chi connectivity index (χ0v) is 5.22. The Morgan fingerprint density at radius 1 is 1.44 bits per heavy atom. The maximum absolute atomic E-state index is 5.20. The fourth-order valence-corrected chi connectivity index (χ4v) is 0.256. The normalized spacial score (nSPS) is 8.78. The molecule has 0 spiro atoms. The van der Waals surface area contributed by atoms with Crippen LogP contribution in [0.1, 0.15) is 0 Å². The van der Waals surface area contributed by atoms with Gasteiger partial charge in [0.1, 0.15) is 0 Å². The molecule has 1 heteroatoms. The summed E-state index contributed by atoms with van der Waals surface area (Å²) in [5.41, 5.74) is 6.28. The van der Waals surface area contributed by atoms with E-state index < -0.39 is 0 Å². The molecular weight excluding hydrogens is 110 g/mol. The number of allylic oxidation sites excluding steroid dienone is 3. The van der Waals surface area contributed by atoms with Gasteiger partial charge in [0.2, 0.25) is 0 Å². The molecule has 2 N–H and O–H groups in total. The van der Waals surface area contributed by atoms with E-state index in [9.17, 15) is 0 Å². The highest BCUT2D eigenvalue weighted by Gasteiger charge is 1.76. The molecule has 0 unspecified atom stereocenters. The van der Waals surface area contributed by atoms with Gasteiger partial charge in [-0.1, -0.05) is 19.1 Å². The SMILES string of the molecule is C#CC(=C)/C=C\C(=C)N. The van der Waals surface area contributed by atoms with E-state index in [-0.39, 0.29) is 0 Å². The van der Waals surface area contributed by atoms with Crippen LogP contribution in [0.2, 0.25) is 0 Å². The quantitative estimate of drug-likeness (QED) is 0.429. The highest BCUT2D eigenvalue weighted by atomic mass is 14.5. The van der Waals surface area contributed by atoms with E-state index >= 15 is 0 Å². The first-order valence-electron chi connectivity index (χ1n) is 2.45. The van der Waals surface area contributed by atoms with Crippen molar-refractivity contribution in [2.45, 2.75) is 0 Å². The highest BCUT2D eigenvalue weighted by molar-refractivity contribution is 5.35. The van der Waals surface area contributed by atoms with Crippen molar-refractivity contribution >= 4 is 0 Å². The second kappa shape index (κ2) is 3.57. The Bertz CT molecular complexity index is 191. The molecule has 0 fully saturated rings. The van der Waals surface area contributed by atoms with Gasteiger partial charge in [-0.15, -0.1) is 6.42 Å². The third-order valence-electron chi connectivity index (χ3n) is 0.684. The lowest BCUT2D eigenvalue weighted by Gasteiger charge is -1.84. The van der Waals surface area contributed by atoms with Crippen LogP contribution in [0.5, 0.6) is 0 Å². The van der Waals surface area contributed by atoms with Crippen LogP contribution in [0, 0.1) is 12.3 Å². The molecular formula is C8H9N. The van der Waals surface area contributed by atoms with Gasteiger partial charge in [-0.3, -0.25) is 0 Å². The molecule has 0 atom stereocenters. The minimum Gasteiger partial charge on any atom is -0.399 e. The number of rotatable bonds is 2. The van der Waals surface area contributed by atoms with Gasteiger partial charge in [0.15, 0.2) is 0 Å². The topological polar surface area (TPSA) is 26.0 Å². The molecule has 0 saturated carbocycles. The van der Waals surface area contributed by atoms with Crippen molar-refractivity contribution < 1.29 is 0 Å². The second-order valence-corrected chi connectivity index (χ2v) is 1.58. The van der Waals surface area contributed by atoms with Gasteiger partial charge < -0.3 is 5.73 Å². The van der Waals surface area contributed by atoms with Crippen LogP contribution in [-0.2, 0) is 0 Å². The molecule has 0 amide bonds. The van der Waals surface area contributed by atoms with Crippen LogP contribution in [0.3, 0.4) is 0 Å². The molecule has 0 aromatic heterocycles. The Morgan fingerprint density at radius 2 is 2.00 bits per heavy atom. The summed E-state index contributed by atoms with van der Waals surface area (Å²) >= 11 is 0. The second-order valence-electron chi connectivity index (χ2n) is 1.58. The molecule has 0 aromatic carbocycles. The van der Waals surface area contributed by atoms with Crippen molar-refractivity contribution in [1.82, 2.24) is 0 Å². The lowest BCUT2D eigenvalue weighted by atomic mass is 10.3. The standard InChI is InChI=1S/C8H9N/c1-4-7(2)5-6-8(3)9/h1,5-6H,2-3,9H2/b6-5-. The van der Waals surface area contributed by atoms with Crippen LogP contribution in [0.15, 0.2) is 36.6 Å². The van der Waals surface area contributed by atoms with Gasteiger partial charge in [-0.05, 0) is 12.2 Å². The number of hydrogen-bond acceptors (Lipinski definition) is 1. The molecule has 0 saturated heterocycles. The van der Waals surface area contributed by atoms with Crippen LogP contribution in [0.4, 0.5) is 0 Å². The molecule has 0 rings (SSSR count). The average molecular weight is 119 g/mol. The summed E-state index contributed by atoms with van der Waals surface area (Å²) in [7, 11) is 0. The molecule has 0 aliphatic rings. The number of hydrogen-bond donors (Lipinski definition) is 1. The minimum atomic E-state index is 0.478. The monoisotopic (exact) mass is 119 g/mol. The molecule has 0 aliphatic heterocycles. The summed E-state index contributed by atoms with van der Waals surface area (Å²) in [5.74, 6) is 2.34. The predicted molar refractivity (Wildman–Crippen MR) is 40.4 cm³/mol. The average Bonchev–Trinajstić information content (AvgIpc) is 1.83. The lowest BCUT2D eigenvalue weighted by molar-refractivity contribution is 1.45. The number of nitrogens with two attached hydrogens (primary N) is 1. The molecule has 1 nitrogen and oxygen atoms in total. The molecule has 46 valence electrons. The van der Waals surface area contributed by atoms with E-state index in [0.29, 0.717) is 11.3 Å². The minimum absolute atomic E-state index is 0.478. The Morgan fingerprint density at radius 3 is 2.33 bits per heavy atom. The van der Waals surface area contributed by atoms with Crippen molar-refractivity contribution in [1.29, 1.82) is 0 Å². The van der Waals surface area contributed by atoms with Gasteiger partial charge in [-0.2, -0.15) is 0 Å². The van der Waals surface area contributed by atoms with Crippen molar-refractivity contribution in [3.05, 3.63) is 36.6 Å². The van der Waals surface area contributed by atoms with Crippen LogP contribution in [-0.4, -0.2) is 0 Å².